The van der Waals surface area contributed by atoms with Crippen LogP contribution in [0.2, 0.25) is 0 Å². The highest BCUT2D eigenvalue weighted by atomic mass is 16.5. The normalized spacial score (nSPS) is 22.2. The summed E-state index contributed by atoms with van der Waals surface area (Å²) in [5, 5.41) is 4.18. The van der Waals surface area contributed by atoms with Gasteiger partial charge >= 0.3 is 0 Å². The third-order valence-electron chi connectivity index (χ3n) is 4.39. The lowest BCUT2D eigenvalue weighted by atomic mass is 9.93. The zero-order valence-corrected chi connectivity index (χ0v) is 12.9. The summed E-state index contributed by atoms with van der Waals surface area (Å²) in [7, 11) is 1.75. The van der Waals surface area contributed by atoms with E-state index in [0.29, 0.717) is 11.7 Å². The fourth-order valence-electron chi connectivity index (χ4n) is 3.09. The van der Waals surface area contributed by atoms with Crippen LogP contribution in [0.25, 0.3) is 0 Å². The van der Waals surface area contributed by atoms with Crippen LogP contribution in [-0.2, 0) is 15.9 Å². The lowest BCUT2D eigenvalue weighted by Crippen LogP contribution is -2.34. The molecule has 5 nitrogen and oxygen atoms in total. The van der Waals surface area contributed by atoms with E-state index in [2.05, 4.69) is 17.1 Å². The molecule has 0 amide bonds. The van der Waals surface area contributed by atoms with E-state index in [1.54, 1.807) is 7.11 Å². The van der Waals surface area contributed by atoms with Crippen LogP contribution in [0.15, 0.2) is 4.52 Å². The second-order valence-corrected chi connectivity index (χ2v) is 6.20. The molecule has 1 aromatic rings. The van der Waals surface area contributed by atoms with Crippen molar-refractivity contribution in [1.29, 1.82) is 0 Å². The molecule has 0 spiro atoms. The van der Waals surface area contributed by atoms with Gasteiger partial charge in [-0.1, -0.05) is 44.2 Å². The van der Waals surface area contributed by atoms with Crippen molar-refractivity contribution in [2.24, 2.45) is 5.73 Å². The van der Waals surface area contributed by atoms with Gasteiger partial charge in [-0.2, -0.15) is 4.98 Å². The second-order valence-electron chi connectivity index (χ2n) is 6.20. The molecule has 0 saturated heterocycles. The maximum atomic E-state index is 6.27. The predicted octanol–water partition coefficient (Wildman–Crippen LogP) is 3.24. The molecule has 1 aromatic heterocycles. The molecule has 1 atom stereocenters. The fraction of sp³-hybridized carbons (Fsp3) is 0.867. The third-order valence-corrected chi connectivity index (χ3v) is 4.39. The smallest absolute Gasteiger partial charge is 0.246 e. The Bertz CT molecular complexity index is 421. The summed E-state index contributed by atoms with van der Waals surface area (Å²) in [6.45, 7) is 4.05. The number of nitrogens with two attached hydrogens (primary N) is 1. The van der Waals surface area contributed by atoms with Gasteiger partial charge in [0.25, 0.3) is 0 Å². The van der Waals surface area contributed by atoms with Crippen molar-refractivity contribution in [2.45, 2.75) is 76.4 Å². The minimum Gasteiger partial charge on any atom is -0.370 e. The maximum absolute atomic E-state index is 6.27. The van der Waals surface area contributed by atoms with E-state index in [1.807, 2.05) is 6.92 Å². The van der Waals surface area contributed by atoms with Crippen molar-refractivity contribution >= 4 is 0 Å². The lowest BCUT2D eigenvalue weighted by Gasteiger charge is -2.27. The van der Waals surface area contributed by atoms with Gasteiger partial charge in [0.1, 0.15) is 5.60 Å². The molecule has 0 aliphatic heterocycles. The number of ether oxygens (including phenoxy) is 1. The first-order valence-electron chi connectivity index (χ1n) is 7.73. The summed E-state index contributed by atoms with van der Waals surface area (Å²) in [6, 6.07) is 0. The third kappa shape index (κ3) is 3.04. The fourth-order valence-corrected chi connectivity index (χ4v) is 3.09. The van der Waals surface area contributed by atoms with E-state index in [-0.39, 0.29) is 5.60 Å². The van der Waals surface area contributed by atoms with E-state index in [9.17, 15) is 0 Å². The largest absolute Gasteiger partial charge is 0.370 e. The monoisotopic (exact) mass is 281 g/mol. The molecule has 1 heterocycles. The van der Waals surface area contributed by atoms with Crippen molar-refractivity contribution in [3.8, 4) is 0 Å². The van der Waals surface area contributed by atoms with Gasteiger partial charge in [-0.15, -0.1) is 0 Å². The number of methoxy groups -OCH3 is 1. The van der Waals surface area contributed by atoms with E-state index in [0.717, 1.165) is 38.5 Å². The van der Waals surface area contributed by atoms with Crippen molar-refractivity contribution in [1.82, 2.24) is 10.1 Å². The van der Waals surface area contributed by atoms with Crippen molar-refractivity contribution in [3.63, 3.8) is 0 Å². The molecule has 2 N–H and O–H groups in total. The Kier molecular flexibility index (Phi) is 4.81. The number of rotatable bonds is 5. The number of aromatic nitrogens is 2. The second kappa shape index (κ2) is 6.22. The molecular weight excluding hydrogens is 254 g/mol. The molecule has 114 valence electrons. The average Bonchev–Trinajstić information content (AvgIpc) is 2.80. The van der Waals surface area contributed by atoms with E-state index < -0.39 is 5.54 Å². The molecular formula is C15H27N3O2. The molecule has 0 bridgehead atoms. The van der Waals surface area contributed by atoms with Crippen LogP contribution in [-0.4, -0.2) is 17.3 Å². The zero-order valence-electron chi connectivity index (χ0n) is 12.9. The Morgan fingerprint density at radius 1 is 1.30 bits per heavy atom. The highest BCUT2D eigenvalue weighted by Crippen LogP contribution is 2.38. The van der Waals surface area contributed by atoms with Crippen LogP contribution in [0.1, 0.15) is 76.9 Å². The molecule has 20 heavy (non-hydrogen) atoms. The highest BCUT2D eigenvalue weighted by molar-refractivity contribution is 5.07. The Balaban J connectivity index is 2.25. The Labute approximate surface area is 121 Å². The average molecular weight is 281 g/mol. The van der Waals surface area contributed by atoms with Gasteiger partial charge < -0.3 is 15.0 Å². The minimum absolute atomic E-state index is 0.388. The summed E-state index contributed by atoms with van der Waals surface area (Å²) in [6.07, 6.45) is 8.52. The zero-order chi connectivity index (χ0) is 14.6. The summed E-state index contributed by atoms with van der Waals surface area (Å²) in [4.78, 5) is 4.58. The SMILES string of the molecule is CCCC(C)(N)c1nc(C2(OC)CCCCCC2)no1. The number of hydrogen-bond acceptors (Lipinski definition) is 5. The van der Waals surface area contributed by atoms with Crippen LogP contribution in [0, 0.1) is 0 Å². The first kappa shape index (κ1) is 15.4. The van der Waals surface area contributed by atoms with Crippen LogP contribution in [0.3, 0.4) is 0 Å². The Morgan fingerprint density at radius 3 is 2.50 bits per heavy atom. The summed E-state index contributed by atoms with van der Waals surface area (Å²) in [5.41, 5.74) is 5.33. The van der Waals surface area contributed by atoms with Crippen LogP contribution in [0.4, 0.5) is 0 Å². The molecule has 1 saturated carbocycles. The maximum Gasteiger partial charge on any atom is 0.246 e. The van der Waals surface area contributed by atoms with Gasteiger partial charge in [-0.3, -0.25) is 0 Å². The Hall–Kier alpha value is -0.940. The van der Waals surface area contributed by atoms with Crippen LogP contribution >= 0.6 is 0 Å². The summed E-state index contributed by atoms with van der Waals surface area (Å²) in [5.74, 6) is 1.19. The first-order valence-corrected chi connectivity index (χ1v) is 7.73. The molecule has 2 rings (SSSR count). The van der Waals surface area contributed by atoms with Crippen molar-refractivity contribution in [2.75, 3.05) is 7.11 Å². The van der Waals surface area contributed by atoms with Crippen molar-refractivity contribution < 1.29 is 9.26 Å². The van der Waals surface area contributed by atoms with E-state index in [1.165, 1.54) is 12.8 Å². The molecule has 0 aromatic carbocycles. The quantitative estimate of drug-likeness (QED) is 0.839. The molecule has 0 radical (unpaired) electrons. The Morgan fingerprint density at radius 2 is 1.95 bits per heavy atom. The number of nitrogens with zero attached hydrogens (tertiary/aromatic N) is 2. The van der Waals surface area contributed by atoms with Gasteiger partial charge in [0, 0.05) is 7.11 Å². The van der Waals surface area contributed by atoms with Gasteiger partial charge in [-0.05, 0) is 26.2 Å². The van der Waals surface area contributed by atoms with Crippen molar-refractivity contribution in [3.05, 3.63) is 11.7 Å². The van der Waals surface area contributed by atoms with Crippen LogP contribution in [0.5, 0.6) is 0 Å². The highest BCUT2D eigenvalue weighted by Gasteiger charge is 2.39. The van der Waals surface area contributed by atoms with Gasteiger partial charge in [0.05, 0.1) is 5.54 Å². The molecule has 1 aliphatic rings. The first-order chi connectivity index (χ1) is 9.54. The molecule has 1 fully saturated rings. The standard InChI is InChI=1S/C15H27N3O2/c1-4-9-14(2,16)13-17-12(18-20-13)15(19-3)10-7-5-6-8-11-15/h4-11,16H2,1-3H3. The topological polar surface area (TPSA) is 74.2 Å². The minimum atomic E-state index is -0.556. The molecule has 5 heteroatoms. The van der Waals surface area contributed by atoms with Gasteiger partial charge in [-0.25, -0.2) is 0 Å². The van der Waals surface area contributed by atoms with Crippen LogP contribution < -0.4 is 5.73 Å². The number of hydrogen-bond donors (Lipinski definition) is 1. The molecule has 1 unspecified atom stereocenters. The summed E-state index contributed by atoms with van der Waals surface area (Å²) < 4.78 is 11.2. The molecule has 1 aliphatic carbocycles. The van der Waals surface area contributed by atoms with Gasteiger partial charge in [0.2, 0.25) is 11.7 Å². The summed E-state index contributed by atoms with van der Waals surface area (Å²) >= 11 is 0. The van der Waals surface area contributed by atoms with E-state index in [4.69, 9.17) is 15.0 Å². The predicted molar refractivity (Wildman–Crippen MR) is 77.1 cm³/mol. The van der Waals surface area contributed by atoms with Gasteiger partial charge in [0.15, 0.2) is 0 Å². The van der Waals surface area contributed by atoms with E-state index >= 15 is 0 Å². The lowest BCUT2D eigenvalue weighted by molar-refractivity contribution is -0.0365.